The number of nitrogens with one attached hydrogen (secondary N) is 1. The number of alkyl halides is 3. The van der Waals surface area contributed by atoms with Crippen molar-refractivity contribution in [2.24, 2.45) is 0 Å². The highest BCUT2D eigenvalue weighted by molar-refractivity contribution is 7.17. The standard InChI is InChI=1S/C19H23N3O3S.C2HF3O2/c1-20-18(24)15-8-25-19(10-21(15)2)11-22(12-19)17(23)7-13-9-26-16-6-4-3-5-14(13)16;3-2(4,5)1(6)7/h3-6,9,15H,7-8,10-12H2,1-2H3,(H,20,24);(H,6,7). The fraction of sp³-hybridized carbons (Fsp3) is 0.476. The highest BCUT2D eigenvalue weighted by Gasteiger charge is 2.51. The van der Waals surface area contributed by atoms with E-state index >= 15 is 0 Å². The lowest BCUT2D eigenvalue weighted by atomic mass is 9.90. The maximum Gasteiger partial charge on any atom is 0.490 e. The number of ether oxygens (including phenoxy) is 1. The normalized spacial score (nSPS) is 20.0. The molecule has 1 spiro atoms. The van der Waals surface area contributed by atoms with Crippen LogP contribution >= 0.6 is 11.3 Å². The molecule has 1 unspecified atom stereocenters. The lowest BCUT2D eigenvalue weighted by Gasteiger charge is -2.54. The number of halogens is 3. The zero-order valence-corrected chi connectivity index (χ0v) is 18.8. The Morgan fingerprint density at radius 3 is 2.45 bits per heavy atom. The number of morpholine rings is 1. The molecule has 1 aromatic carbocycles. The van der Waals surface area contributed by atoms with E-state index in [0.29, 0.717) is 32.7 Å². The van der Waals surface area contributed by atoms with Gasteiger partial charge in [0.15, 0.2) is 0 Å². The number of carbonyl (C=O) groups is 3. The Balaban J connectivity index is 0.000000383. The van der Waals surface area contributed by atoms with E-state index in [2.05, 4.69) is 22.8 Å². The summed E-state index contributed by atoms with van der Waals surface area (Å²) in [6.45, 7) is 2.22. The summed E-state index contributed by atoms with van der Waals surface area (Å²) >= 11 is 1.68. The minimum absolute atomic E-state index is 0.0288. The zero-order valence-electron chi connectivity index (χ0n) is 18.0. The summed E-state index contributed by atoms with van der Waals surface area (Å²) in [7, 11) is 3.57. The quantitative estimate of drug-likeness (QED) is 0.685. The van der Waals surface area contributed by atoms with Gasteiger partial charge in [-0.2, -0.15) is 13.2 Å². The summed E-state index contributed by atoms with van der Waals surface area (Å²) in [5.74, 6) is -2.65. The molecule has 2 N–H and O–H groups in total. The van der Waals surface area contributed by atoms with Crippen LogP contribution in [-0.2, 0) is 25.5 Å². The van der Waals surface area contributed by atoms with Gasteiger partial charge < -0.3 is 20.1 Å². The van der Waals surface area contributed by atoms with Gasteiger partial charge in [0.2, 0.25) is 11.8 Å². The number of rotatable bonds is 3. The average molecular weight is 488 g/mol. The van der Waals surface area contributed by atoms with Gasteiger partial charge >= 0.3 is 12.1 Å². The largest absolute Gasteiger partial charge is 0.490 e. The van der Waals surface area contributed by atoms with Crippen LogP contribution in [0.5, 0.6) is 0 Å². The number of carboxylic acid groups (broad SMARTS) is 1. The second-order valence-corrected chi connectivity index (χ2v) is 8.94. The fourth-order valence-corrected chi connectivity index (χ4v) is 4.86. The van der Waals surface area contributed by atoms with Crippen LogP contribution in [-0.4, -0.2) is 90.8 Å². The molecular weight excluding hydrogens is 463 g/mol. The van der Waals surface area contributed by atoms with Crippen molar-refractivity contribution >= 4 is 39.2 Å². The van der Waals surface area contributed by atoms with Gasteiger partial charge in [-0.05, 0) is 29.4 Å². The summed E-state index contributed by atoms with van der Waals surface area (Å²) in [5.41, 5.74) is 0.768. The number of amides is 2. The molecule has 3 heterocycles. The highest BCUT2D eigenvalue weighted by atomic mass is 32.1. The van der Waals surface area contributed by atoms with Crippen LogP contribution < -0.4 is 5.32 Å². The van der Waals surface area contributed by atoms with Crippen molar-refractivity contribution in [3.8, 4) is 0 Å². The van der Waals surface area contributed by atoms with Crippen LogP contribution in [0, 0.1) is 0 Å². The first kappa shape index (κ1) is 24.9. The summed E-state index contributed by atoms with van der Waals surface area (Å²) in [6, 6.07) is 7.93. The monoisotopic (exact) mass is 487 g/mol. The second-order valence-electron chi connectivity index (χ2n) is 8.03. The summed E-state index contributed by atoms with van der Waals surface area (Å²) < 4.78 is 39.0. The second kappa shape index (κ2) is 9.65. The van der Waals surface area contributed by atoms with E-state index in [1.807, 2.05) is 29.0 Å². The molecule has 0 bridgehead atoms. The van der Waals surface area contributed by atoms with Gasteiger partial charge in [0, 0.05) is 18.3 Å². The number of thiophene rings is 1. The molecule has 2 saturated heterocycles. The number of hydrogen-bond acceptors (Lipinski definition) is 6. The minimum Gasteiger partial charge on any atom is -0.475 e. The number of likely N-dealkylation sites (N-methyl/N-ethyl adjacent to an activating group) is 2. The number of carbonyl (C=O) groups excluding carboxylic acids is 2. The van der Waals surface area contributed by atoms with Gasteiger partial charge in [-0.1, -0.05) is 18.2 Å². The van der Waals surface area contributed by atoms with Crippen molar-refractivity contribution in [2.75, 3.05) is 40.3 Å². The number of aliphatic carboxylic acids is 1. The van der Waals surface area contributed by atoms with Crippen molar-refractivity contribution in [1.29, 1.82) is 0 Å². The molecular formula is C21H24F3N3O5S. The first-order valence-corrected chi connectivity index (χ1v) is 10.9. The van der Waals surface area contributed by atoms with Crippen molar-refractivity contribution in [3.05, 3.63) is 35.2 Å². The third-order valence-corrected chi connectivity index (χ3v) is 6.63. The molecule has 1 aromatic heterocycles. The molecule has 180 valence electrons. The predicted molar refractivity (Wildman–Crippen MR) is 115 cm³/mol. The molecule has 1 atom stereocenters. The predicted octanol–water partition coefficient (Wildman–Crippen LogP) is 1.73. The van der Waals surface area contributed by atoms with Crippen LogP contribution in [0.1, 0.15) is 5.56 Å². The fourth-order valence-electron chi connectivity index (χ4n) is 3.90. The Hall–Kier alpha value is -2.70. The molecule has 12 heteroatoms. The van der Waals surface area contributed by atoms with Crippen LogP contribution in [0.2, 0.25) is 0 Å². The van der Waals surface area contributed by atoms with Crippen molar-refractivity contribution in [3.63, 3.8) is 0 Å². The van der Waals surface area contributed by atoms with E-state index in [4.69, 9.17) is 14.6 Å². The SMILES string of the molecule is CNC(=O)C1COC2(CN(C(=O)Cc3csc4ccccc34)C2)CN1C.O=C(O)C(F)(F)F. The van der Waals surface area contributed by atoms with Gasteiger partial charge in [0.05, 0.1) is 26.1 Å². The number of likely N-dealkylation sites (tertiary alicyclic amines) is 1. The van der Waals surface area contributed by atoms with Crippen molar-refractivity contribution in [1.82, 2.24) is 15.1 Å². The molecule has 0 aliphatic carbocycles. The van der Waals surface area contributed by atoms with Crippen molar-refractivity contribution < 1.29 is 37.4 Å². The molecule has 2 aliphatic heterocycles. The number of fused-ring (bicyclic) bond motifs is 1. The van der Waals surface area contributed by atoms with E-state index in [1.165, 1.54) is 10.1 Å². The van der Waals surface area contributed by atoms with E-state index in [0.717, 1.165) is 5.56 Å². The highest BCUT2D eigenvalue weighted by Crippen LogP contribution is 2.32. The Morgan fingerprint density at radius 1 is 1.24 bits per heavy atom. The first-order valence-electron chi connectivity index (χ1n) is 10.0. The molecule has 2 aliphatic rings. The van der Waals surface area contributed by atoms with Crippen LogP contribution in [0.4, 0.5) is 13.2 Å². The third-order valence-electron chi connectivity index (χ3n) is 5.62. The van der Waals surface area contributed by atoms with Crippen LogP contribution in [0.3, 0.4) is 0 Å². The molecule has 0 saturated carbocycles. The van der Waals surface area contributed by atoms with Crippen molar-refractivity contribution in [2.45, 2.75) is 24.2 Å². The number of benzene rings is 1. The molecule has 4 rings (SSSR count). The molecule has 2 amide bonds. The average Bonchev–Trinajstić information content (AvgIpc) is 3.14. The van der Waals surface area contributed by atoms with E-state index < -0.39 is 12.1 Å². The van der Waals surface area contributed by atoms with Gasteiger partial charge in [-0.3, -0.25) is 14.5 Å². The van der Waals surface area contributed by atoms with E-state index in [9.17, 15) is 22.8 Å². The third kappa shape index (κ3) is 5.63. The maximum absolute atomic E-state index is 12.7. The number of hydrogen-bond donors (Lipinski definition) is 2. The summed E-state index contributed by atoms with van der Waals surface area (Å²) in [5, 5.41) is 13.0. The molecule has 33 heavy (non-hydrogen) atoms. The summed E-state index contributed by atoms with van der Waals surface area (Å²) in [4.78, 5) is 37.3. The van der Waals surface area contributed by atoms with E-state index in [1.54, 1.807) is 18.4 Å². The topological polar surface area (TPSA) is 99.2 Å². The Morgan fingerprint density at radius 2 is 1.88 bits per heavy atom. The zero-order chi connectivity index (χ0) is 24.4. The summed E-state index contributed by atoms with van der Waals surface area (Å²) in [6.07, 6.45) is -4.66. The van der Waals surface area contributed by atoms with E-state index in [-0.39, 0.29) is 23.5 Å². The smallest absolute Gasteiger partial charge is 0.475 e. The number of nitrogens with zero attached hydrogens (tertiary/aromatic N) is 2. The maximum atomic E-state index is 12.7. The Labute approximate surface area is 191 Å². The molecule has 0 radical (unpaired) electrons. The van der Waals surface area contributed by atoms with Gasteiger partial charge in [-0.25, -0.2) is 4.79 Å². The lowest BCUT2D eigenvalue weighted by Crippen LogP contribution is -2.73. The Kier molecular flexibility index (Phi) is 7.29. The number of carboxylic acids is 1. The minimum atomic E-state index is -5.08. The first-order chi connectivity index (χ1) is 15.5. The van der Waals surface area contributed by atoms with Gasteiger partial charge in [0.25, 0.3) is 0 Å². The lowest BCUT2D eigenvalue weighted by molar-refractivity contribution is -0.200. The van der Waals surface area contributed by atoms with Gasteiger partial charge in [0.1, 0.15) is 11.6 Å². The van der Waals surface area contributed by atoms with Gasteiger partial charge in [-0.15, -0.1) is 11.3 Å². The van der Waals surface area contributed by atoms with Crippen LogP contribution in [0.25, 0.3) is 10.1 Å². The molecule has 2 aromatic rings. The molecule has 2 fully saturated rings. The Bertz CT molecular complexity index is 1040. The van der Waals surface area contributed by atoms with Crippen LogP contribution in [0.15, 0.2) is 29.6 Å². The molecule has 8 nitrogen and oxygen atoms in total.